The van der Waals surface area contributed by atoms with Crippen LogP contribution in [0.4, 0.5) is 4.79 Å². The highest BCUT2D eigenvalue weighted by Gasteiger charge is 2.18. The van der Waals surface area contributed by atoms with E-state index in [-0.39, 0.29) is 24.6 Å². The van der Waals surface area contributed by atoms with Crippen molar-refractivity contribution in [1.82, 2.24) is 10.6 Å². The number of benzene rings is 1. The van der Waals surface area contributed by atoms with Crippen molar-refractivity contribution in [2.75, 3.05) is 19.7 Å². The van der Waals surface area contributed by atoms with Crippen LogP contribution in [0.1, 0.15) is 40.2 Å². The van der Waals surface area contributed by atoms with E-state index in [0.29, 0.717) is 12.3 Å². The van der Waals surface area contributed by atoms with Crippen LogP contribution in [0, 0.1) is 0 Å². The summed E-state index contributed by atoms with van der Waals surface area (Å²) in [6.07, 6.45) is -0.718. The molecule has 0 bridgehead atoms. The predicted molar refractivity (Wildman–Crippen MR) is 93.3 cm³/mol. The van der Waals surface area contributed by atoms with Crippen LogP contribution in [0.5, 0.6) is 5.75 Å². The number of nitrogens with one attached hydrogen (secondary N) is 2. The predicted octanol–water partition coefficient (Wildman–Crippen LogP) is 2.61. The fraction of sp³-hybridized carbons (Fsp3) is 0.556. The summed E-state index contributed by atoms with van der Waals surface area (Å²) in [4.78, 5) is 23.1. The maximum Gasteiger partial charge on any atom is 0.347 e. The van der Waals surface area contributed by atoms with Crippen LogP contribution < -0.4 is 15.4 Å². The van der Waals surface area contributed by atoms with Gasteiger partial charge in [-0.25, -0.2) is 9.59 Å². The van der Waals surface area contributed by atoms with Crippen molar-refractivity contribution in [2.24, 2.45) is 0 Å². The number of carbonyl (C=O) groups is 2. The lowest BCUT2D eigenvalue weighted by Crippen LogP contribution is -2.38. The van der Waals surface area contributed by atoms with E-state index < -0.39 is 12.1 Å². The Balaban J connectivity index is 2.43. The van der Waals surface area contributed by atoms with E-state index in [1.165, 1.54) is 0 Å². The number of esters is 1. The lowest BCUT2D eigenvalue weighted by molar-refractivity contribution is -0.150. The lowest BCUT2D eigenvalue weighted by atomic mass is 9.87. The quantitative estimate of drug-likeness (QED) is 0.593. The van der Waals surface area contributed by atoms with E-state index in [4.69, 9.17) is 9.47 Å². The summed E-state index contributed by atoms with van der Waals surface area (Å²) in [6.45, 7) is 10.7. The number of hydrogen-bond donors (Lipinski definition) is 2. The minimum atomic E-state index is -0.718. The third-order valence-corrected chi connectivity index (χ3v) is 3.31. The number of ether oxygens (including phenoxy) is 2. The standard InChI is InChI=1S/C18H28N2O4/c1-6-19-17(22)20-10-11-23-16(21)13(2)24-15-9-7-8-14(12-15)18(3,4)5/h7-9,12-13H,6,10-11H2,1-5H3,(H2,19,20,22). The molecule has 0 aliphatic carbocycles. The molecule has 2 amide bonds. The molecule has 2 N–H and O–H groups in total. The fourth-order valence-corrected chi connectivity index (χ4v) is 1.94. The molecule has 0 spiro atoms. The van der Waals surface area contributed by atoms with Gasteiger partial charge < -0.3 is 20.1 Å². The molecule has 0 fully saturated rings. The summed E-state index contributed by atoms with van der Waals surface area (Å²) in [5.41, 5.74) is 1.14. The highest BCUT2D eigenvalue weighted by atomic mass is 16.6. The highest BCUT2D eigenvalue weighted by Crippen LogP contribution is 2.26. The van der Waals surface area contributed by atoms with E-state index in [9.17, 15) is 9.59 Å². The van der Waals surface area contributed by atoms with Gasteiger partial charge in [-0.3, -0.25) is 0 Å². The molecule has 0 radical (unpaired) electrons. The number of rotatable bonds is 7. The Morgan fingerprint density at radius 2 is 1.92 bits per heavy atom. The first-order chi connectivity index (χ1) is 11.2. The van der Waals surface area contributed by atoms with Gasteiger partial charge in [0.1, 0.15) is 12.4 Å². The van der Waals surface area contributed by atoms with Gasteiger partial charge in [0.05, 0.1) is 6.54 Å². The topological polar surface area (TPSA) is 76.7 Å². The zero-order valence-electron chi connectivity index (χ0n) is 15.1. The molecule has 1 unspecified atom stereocenters. The van der Waals surface area contributed by atoms with Gasteiger partial charge in [0.2, 0.25) is 0 Å². The van der Waals surface area contributed by atoms with Crippen LogP contribution in [-0.4, -0.2) is 37.8 Å². The van der Waals surface area contributed by atoms with E-state index in [1.54, 1.807) is 6.92 Å². The Labute approximate surface area is 143 Å². The van der Waals surface area contributed by atoms with Crippen LogP contribution in [0.15, 0.2) is 24.3 Å². The molecule has 0 saturated carbocycles. The van der Waals surface area contributed by atoms with Gasteiger partial charge >= 0.3 is 12.0 Å². The Kier molecular flexibility index (Phi) is 7.55. The molecule has 24 heavy (non-hydrogen) atoms. The van der Waals surface area contributed by atoms with E-state index in [2.05, 4.69) is 31.4 Å². The summed E-state index contributed by atoms with van der Waals surface area (Å²) in [5.74, 6) is 0.168. The van der Waals surface area contributed by atoms with Gasteiger partial charge in [-0.2, -0.15) is 0 Å². The molecular weight excluding hydrogens is 308 g/mol. The van der Waals surface area contributed by atoms with Gasteiger partial charge in [-0.05, 0) is 37.0 Å². The Bertz CT molecular complexity index is 552. The molecule has 6 nitrogen and oxygen atoms in total. The van der Waals surface area contributed by atoms with Crippen molar-refractivity contribution in [2.45, 2.75) is 46.1 Å². The minimum Gasteiger partial charge on any atom is -0.479 e. The van der Waals surface area contributed by atoms with Crippen LogP contribution in [0.25, 0.3) is 0 Å². The van der Waals surface area contributed by atoms with Crippen LogP contribution in [0.2, 0.25) is 0 Å². The molecule has 0 aliphatic heterocycles. The normalized spacial score (nSPS) is 12.2. The largest absolute Gasteiger partial charge is 0.479 e. The molecule has 1 rings (SSSR count). The molecule has 1 atom stereocenters. The van der Waals surface area contributed by atoms with E-state index in [0.717, 1.165) is 5.56 Å². The van der Waals surface area contributed by atoms with Gasteiger partial charge in [0, 0.05) is 6.54 Å². The van der Waals surface area contributed by atoms with Crippen molar-refractivity contribution in [3.05, 3.63) is 29.8 Å². The van der Waals surface area contributed by atoms with Crippen LogP contribution in [-0.2, 0) is 14.9 Å². The maximum absolute atomic E-state index is 11.9. The van der Waals surface area contributed by atoms with Crippen LogP contribution in [0.3, 0.4) is 0 Å². The number of urea groups is 1. The number of amides is 2. The first kappa shape index (κ1) is 19.8. The first-order valence-electron chi connectivity index (χ1n) is 8.19. The maximum atomic E-state index is 11.9. The van der Waals surface area contributed by atoms with Crippen LogP contribution >= 0.6 is 0 Å². The average molecular weight is 336 g/mol. The zero-order chi connectivity index (χ0) is 18.2. The second kappa shape index (κ2) is 9.15. The van der Waals surface area contributed by atoms with Crippen molar-refractivity contribution >= 4 is 12.0 Å². The van der Waals surface area contributed by atoms with Crippen molar-refractivity contribution in [1.29, 1.82) is 0 Å². The van der Waals surface area contributed by atoms with Gasteiger partial charge in [0.25, 0.3) is 0 Å². The van der Waals surface area contributed by atoms with Crippen molar-refractivity contribution in [3.63, 3.8) is 0 Å². The molecule has 0 saturated heterocycles. The summed E-state index contributed by atoms with van der Waals surface area (Å²) < 4.78 is 10.8. The molecule has 134 valence electrons. The van der Waals surface area contributed by atoms with Gasteiger partial charge in [0.15, 0.2) is 6.10 Å². The van der Waals surface area contributed by atoms with E-state index >= 15 is 0 Å². The van der Waals surface area contributed by atoms with Gasteiger partial charge in [-0.15, -0.1) is 0 Å². The third-order valence-electron chi connectivity index (χ3n) is 3.31. The molecule has 6 heteroatoms. The first-order valence-corrected chi connectivity index (χ1v) is 8.19. The minimum absolute atomic E-state index is 0.00779. The SMILES string of the molecule is CCNC(=O)NCCOC(=O)C(C)Oc1cccc(C(C)(C)C)c1. The average Bonchev–Trinajstić information content (AvgIpc) is 2.51. The molecular formula is C18H28N2O4. The second-order valence-electron chi connectivity index (χ2n) is 6.49. The van der Waals surface area contributed by atoms with E-state index in [1.807, 2.05) is 31.2 Å². The monoisotopic (exact) mass is 336 g/mol. The molecule has 0 heterocycles. The summed E-state index contributed by atoms with van der Waals surface area (Å²) in [7, 11) is 0. The van der Waals surface area contributed by atoms with Crippen molar-refractivity contribution in [3.8, 4) is 5.75 Å². The molecule has 1 aromatic rings. The second-order valence-corrected chi connectivity index (χ2v) is 6.49. The fourth-order valence-electron chi connectivity index (χ4n) is 1.94. The molecule has 1 aromatic carbocycles. The number of carbonyl (C=O) groups excluding carboxylic acids is 2. The number of hydrogen-bond acceptors (Lipinski definition) is 4. The smallest absolute Gasteiger partial charge is 0.347 e. The Hall–Kier alpha value is -2.24. The van der Waals surface area contributed by atoms with Gasteiger partial charge in [-0.1, -0.05) is 32.9 Å². The van der Waals surface area contributed by atoms with Crippen molar-refractivity contribution < 1.29 is 19.1 Å². The molecule has 0 aliphatic rings. The highest BCUT2D eigenvalue weighted by molar-refractivity contribution is 5.75. The zero-order valence-corrected chi connectivity index (χ0v) is 15.1. The summed E-state index contributed by atoms with van der Waals surface area (Å²) in [5, 5.41) is 5.17. The third kappa shape index (κ3) is 6.89. The Morgan fingerprint density at radius 3 is 2.54 bits per heavy atom. The summed E-state index contributed by atoms with van der Waals surface area (Å²) in [6, 6.07) is 7.40. The summed E-state index contributed by atoms with van der Waals surface area (Å²) >= 11 is 0. The molecule has 0 aromatic heterocycles. The lowest BCUT2D eigenvalue weighted by Gasteiger charge is -2.21. The Morgan fingerprint density at radius 1 is 1.21 bits per heavy atom.